The second-order valence-electron chi connectivity index (χ2n) is 12.2. The van der Waals surface area contributed by atoms with Crippen molar-refractivity contribution in [1.82, 2.24) is 0 Å². The molecule has 10 heteroatoms. The first-order valence-corrected chi connectivity index (χ1v) is 17.0. The molecule has 4 aromatic carbocycles. The standard InChI is InChI=1S/C40H43NO9/c1-41(32-13-6-4-7-14-32)40(46)31-23-30(29-17-19-36-37(26-29)50-27-49-36)24-33(25-31)47-21-8-3-2-5-11-28-12-9-15-35(34(28)18-20-39(44)45)48-22-10-16-38(42)43/h4,6-7,9,12-15,17,19,23-26H,2-3,5,8,10-11,16,18,20-22,27H2,1H3,(H,42,43)(H,44,45). The van der Waals surface area contributed by atoms with Crippen molar-refractivity contribution in [2.24, 2.45) is 0 Å². The van der Waals surface area contributed by atoms with Crippen molar-refractivity contribution in [2.45, 2.75) is 57.8 Å². The maximum Gasteiger partial charge on any atom is 0.303 e. The molecule has 1 aliphatic heterocycles. The van der Waals surface area contributed by atoms with Gasteiger partial charge in [0, 0.05) is 31.1 Å². The molecule has 4 aromatic rings. The van der Waals surface area contributed by atoms with E-state index in [1.54, 1.807) is 18.0 Å². The molecule has 0 bridgehead atoms. The van der Waals surface area contributed by atoms with Crippen molar-refractivity contribution in [1.29, 1.82) is 0 Å². The van der Waals surface area contributed by atoms with E-state index in [0.29, 0.717) is 48.0 Å². The number of carboxylic acid groups (broad SMARTS) is 2. The molecule has 0 aliphatic carbocycles. The highest BCUT2D eigenvalue weighted by molar-refractivity contribution is 6.06. The van der Waals surface area contributed by atoms with Gasteiger partial charge in [0.1, 0.15) is 11.5 Å². The average molecular weight is 682 g/mol. The summed E-state index contributed by atoms with van der Waals surface area (Å²) in [6, 6.07) is 26.5. The van der Waals surface area contributed by atoms with E-state index in [0.717, 1.165) is 60.0 Å². The molecule has 1 amide bonds. The molecular weight excluding hydrogens is 638 g/mol. The minimum atomic E-state index is -0.877. The van der Waals surface area contributed by atoms with Crippen LogP contribution in [0.25, 0.3) is 11.1 Å². The number of unbranched alkanes of at least 4 members (excludes halogenated alkanes) is 3. The summed E-state index contributed by atoms with van der Waals surface area (Å²) in [7, 11) is 1.76. The number of carbonyl (C=O) groups excluding carboxylic acids is 1. The fourth-order valence-corrected chi connectivity index (χ4v) is 5.87. The molecule has 0 aromatic heterocycles. The molecule has 0 fully saturated rings. The van der Waals surface area contributed by atoms with Crippen LogP contribution in [0.15, 0.2) is 84.9 Å². The number of hydrogen-bond donors (Lipinski definition) is 2. The Morgan fingerprint density at radius 3 is 2.26 bits per heavy atom. The fourth-order valence-electron chi connectivity index (χ4n) is 5.87. The lowest BCUT2D eigenvalue weighted by atomic mass is 9.97. The Bertz CT molecular complexity index is 1770. The van der Waals surface area contributed by atoms with Crippen LogP contribution in [0.4, 0.5) is 5.69 Å². The van der Waals surface area contributed by atoms with Crippen LogP contribution in [-0.4, -0.2) is 55.1 Å². The van der Waals surface area contributed by atoms with E-state index < -0.39 is 11.9 Å². The number of ether oxygens (including phenoxy) is 4. The number of rotatable bonds is 19. The molecule has 0 saturated carbocycles. The topological polar surface area (TPSA) is 132 Å². The van der Waals surface area contributed by atoms with E-state index in [1.165, 1.54) is 0 Å². The van der Waals surface area contributed by atoms with Gasteiger partial charge in [0.25, 0.3) is 5.91 Å². The van der Waals surface area contributed by atoms with Crippen LogP contribution in [0.1, 0.15) is 66.4 Å². The Labute approximate surface area is 292 Å². The van der Waals surface area contributed by atoms with Gasteiger partial charge in [0.15, 0.2) is 11.5 Å². The molecule has 1 heterocycles. The Morgan fingerprint density at radius 1 is 0.700 bits per heavy atom. The predicted octanol–water partition coefficient (Wildman–Crippen LogP) is 7.80. The second-order valence-corrected chi connectivity index (χ2v) is 12.2. The van der Waals surface area contributed by atoms with Gasteiger partial charge < -0.3 is 34.1 Å². The van der Waals surface area contributed by atoms with Crippen LogP contribution in [0.3, 0.4) is 0 Å². The summed E-state index contributed by atoms with van der Waals surface area (Å²) >= 11 is 0. The number of anilines is 1. The highest BCUT2D eigenvalue weighted by atomic mass is 16.7. The fraction of sp³-hybridized carbons (Fsp3) is 0.325. The molecule has 50 heavy (non-hydrogen) atoms. The summed E-state index contributed by atoms with van der Waals surface area (Å²) in [5.41, 5.74) is 4.94. The first-order valence-electron chi connectivity index (χ1n) is 17.0. The van der Waals surface area contributed by atoms with Gasteiger partial charge in [-0.15, -0.1) is 0 Å². The van der Waals surface area contributed by atoms with E-state index in [4.69, 9.17) is 24.1 Å². The predicted molar refractivity (Wildman–Crippen MR) is 190 cm³/mol. The Kier molecular flexibility index (Phi) is 12.7. The SMILES string of the molecule is CN(C(=O)c1cc(OCCCCCCc2cccc(OCCCC(=O)O)c2CCC(=O)O)cc(-c2ccc3c(c2)OCO3)c1)c1ccccc1. The zero-order chi connectivity index (χ0) is 35.3. The number of hydrogen-bond acceptors (Lipinski definition) is 7. The third-order valence-electron chi connectivity index (χ3n) is 8.53. The van der Waals surface area contributed by atoms with E-state index >= 15 is 0 Å². The molecule has 10 nitrogen and oxygen atoms in total. The third-order valence-corrected chi connectivity index (χ3v) is 8.53. The van der Waals surface area contributed by atoms with E-state index in [-0.39, 0.29) is 32.1 Å². The Balaban J connectivity index is 1.19. The van der Waals surface area contributed by atoms with Gasteiger partial charge in [-0.1, -0.05) is 49.2 Å². The van der Waals surface area contributed by atoms with Crippen molar-refractivity contribution >= 4 is 23.5 Å². The Morgan fingerprint density at radius 2 is 1.46 bits per heavy atom. The molecule has 0 atom stereocenters. The van der Waals surface area contributed by atoms with Gasteiger partial charge in [-0.3, -0.25) is 14.4 Å². The van der Waals surface area contributed by atoms with Crippen LogP contribution in [-0.2, 0) is 22.4 Å². The Hall–Kier alpha value is -5.51. The van der Waals surface area contributed by atoms with Crippen LogP contribution in [0.2, 0.25) is 0 Å². The number of benzene rings is 4. The molecule has 1 aliphatic rings. The van der Waals surface area contributed by atoms with Gasteiger partial charge in [-0.2, -0.15) is 0 Å². The van der Waals surface area contributed by atoms with Crippen molar-refractivity contribution in [2.75, 3.05) is 32.0 Å². The lowest BCUT2D eigenvalue weighted by molar-refractivity contribution is -0.138. The number of amides is 1. The number of carbonyl (C=O) groups is 3. The summed E-state index contributed by atoms with van der Waals surface area (Å²) in [5.74, 6) is 0.671. The summed E-state index contributed by atoms with van der Waals surface area (Å²) in [4.78, 5) is 37.4. The zero-order valence-electron chi connectivity index (χ0n) is 28.3. The van der Waals surface area contributed by atoms with Crippen molar-refractivity contribution in [3.8, 4) is 34.1 Å². The normalized spacial score (nSPS) is 11.6. The van der Waals surface area contributed by atoms with Crippen LogP contribution >= 0.6 is 0 Å². The molecule has 5 rings (SSSR count). The van der Waals surface area contributed by atoms with Gasteiger partial charge in [-0.25, -0.2) is 0 Å². The van der Waals surface area contributed by atoms with Gasteiger partial charge in [0.2, 0.25) is 6.79 Å². The largest absolute Gasteiger partial charge is 0.494 e. The average Bonchev–Trinajstić information content (AvgIpc) is 3.60. The minimum absolute atomic E-state index is 0.00838. The van der Waals surface area contributed by atoms with Gasteiger partial charge >= 0.3 is 11.9 Å². The highest BCUT2D eigenvalue weighted by Gasteiger charge is 2.19. The van der Waals surface area contributed by atoms with E-state index in [9.17, 15) is 19.5 Å². The van der Waals surface area contributed by atoms with Crippen LogP contribution in [0, 0.1) is 0 Å². The molecular formula is C40H43NO9. The van der Waals surface area contributed by atoms with Gasteiger partial charge in [0.05, 0.1) is 13.2 Å². The number of fused-ring (bicyclic) bond motifs is 1. The molecule has 0 spiro atoms. The smallest absolute Gasteiger partial charge is 0.303 e. The summed E-state index contributed by atoms with van der Waals surface area (Å²) in [5, 5.41) is 18.2. The van der Waals surface area contributed by atoms with E-state index in [1.807, 2.05) is 78.9 Å². The quantitative estimate of drug-likeness (QED) is 0.0952. The molecule has 2 N–H and O–H groups in total. The second kappa shape index (κ2) is 17.8. The number of aliphatic carboxylic acids is 2. The number of carboxylic acids is 2. The summed E-state index contributed by atoms with van der Waals surface area (Å²) in [6.45, 7) is 0.918. The third kappa shape index (κ3) is 10.0. The zero-order valence-corrected chi connectivity index (χ0v) is 28.3. The molecule has 262 valence electrons. The highest BCUT2D eigenvalue weighted by Crippen LogP contribution is 2.37. The summed E-state index contributed by atoms with van der Waals surface area (Å²) in [6.07, 6.45) is 5.13. The lowest BCUT2D eigenvalue weighted by Gasteiger charge is -2.19. The maximum absolute atomic E-state index is 13.6. The first-order chi connectivity index (χ1) is 24.3. The van der Waals surface area contributed by atoms with E-state index in [2.05, 4.69) is 0 Å². The molecule has 0 radical (unpaired) electrons. The number of nitrogens with zero attached hydrogens (tertiary/aromatic N) is 1. The van der Waals surface area contributed by atoms with Crippen LogP contribution < -0.4 is 23.8 Å². The molecule has 0 unspecified atom stereocenters. The monoisotopic (exact) mass is 681 g/mol. The summed E-state index contributed by atoms with van der Waals surface area (Å²) < 4.78 is 23.2. The van der Waals surface area contributed by atoms with Crippen LogP contribution in [0.5, 0.6) is 23.0 Å². The van der Waals surface area contributed by atoms with Gasteiger partial charge in [-0.05, 0) is 103 Å². The maximum atomic E-state index is 13.6. The van der Waals surface area contributed by atoms with Crippen molar-refractivity contribution in [3.63, 3.8) is 0 Å². The molecule has 0 saturated heterocycles. The number of para-hydroxylation sites is 1. The number of aryl methyl sites for hydroxylation is 1. The minimum Gasteiger partial charge on any atom is -0.494 e. The van der Waals surface area contributed by atoms with Crippen molar-refractivity contribution in [3.05, 3.63) is 102 Å². The first kappa shape index (κ1) is 35.8. The lowest BCUT2D eigenvalue weighted by Crippen LogP contribution is -2.26. The van der Waals surface area contributed by atoms with Crippen molar-refractivity contribution < 1.29 is 43.5 Å².